The Morgan fingerprint density at radius 2 is 1.57 bits per heavy atom. The largest absolute Gasteiger partial charge is 0.339 e. The molecule has 1 fully saturated rings. The second-order valence-electron chi connectivity index (χ2n) is 5.61. The first kappa shape index (κ1) is 17.1. The summed E-state index contributed by atoms with van der Waals surface area (Å²) in [6.07, 6.45) is 4.42. The predicted octanol–water partition coefficient (Wildman–Crippen LogP) is 6.39. The lowest BCUT2D eigenvalue weighted by atomic mass is 10.1. The van der Waals surface area contributed by atoms with Crippen molar-refractivity contribution in [3.05, 3.63) is 44.2 Å². The van der Waals surface area contributed by atoms with Crippen LogP contribution in [0.3, 0.4) is 0 Å². The Kier molecular flexibility index (Phi) is 5.53. The lowest BCUT2D eigenvalue weighted by Gasteiger charge is -2.20. The Balaban J connectivity index is 1.94. The number of thiophene rings is 1. The van der Waals surface area contributed by atoms with Gasteiger partial charge in [-0.1, -0.05) is 59.8 Å². The maximum absolute atomic E-state index is 12.8. The molecule has 1 aliphatic heterocycles. The Hall–Kier alpha value is -0.740. The third kappa shape index (κ3) is 3.69. The van der Waals surface area contributed by atoms with Crippen molar-refractivity contribution in [2.24, 2.45) is 0 Å². The van der Waals surface area contributed by atoms with E-state index in [4.69, 9.17) is 34.8 Å². The number of rotatable bonds is 2. The zero-order valence-electron chi connectivity index (χ0n) is 12.4. The summed E-state index contributed by atoms with van der Waals surface area (Å²) < 4.78 is 0.453. The summed E-state index contributed by atoms with van der Waals surface area (Å²) >= 11 is 20.1. The summed E-state index contributed by atoms with van der Waals surface area (Å²) in [5, 5.41) is 1.10. The Morgan fingerprint density at radius 1 is 0.957 bits per heavy atom. The minimum Gasteiger partial charge on any atom is -0.339 e. The summed E-state index contributed by atoms with van der Waals surface area (Å²) in [4.78, 5) is 15.5. The highest BCUT2D eigenvalue weighted by Crippen LogP contribution is 2.43. The van der Waals surface area contributed by atoms with E-state index in [-0.39, 0.29) is 5.91 Å². The summed E-state index contributed by atoms with van der Waals surface area (Å²) in [5.74, 6) is -0.0571. The Bertz CT molecular complexity index is 703. The van der Waals surface area contributed by atoms with Gasteiger partial charge >= 0.3 is 0 Å². The van der Waals surface area contributed by atoms with Gasteiger partial charge in [-0.25, -0.2) is 0 Å². The van der Waals surface area contributed by atoms with Crippen molar-refractivity contribution in [1.82, 2.24) is 4.90 Å². The highest BCUT2D eigenvalue weighted by atomic mass is 35.5. The zero-order chi connectivity index (χ0) is 16.4. The van der Waals surface area contributed by atoms with E-state index in [1.165, 1.54) is 24.2 Å². The van der Waals surface area contributed by atoms with E-state index in [9.17, 15) is 4.79 Å². The van der Waals surface area contributed by atoms with E-state index < -0.39 is 0 Å². The monoisotopic (exact) mass is 387 g/mol. The van der Waals surface area contributed by atoms with E-state index in [1.807, 2.05) is 17.0 Å². The van der Waals surface area contributed by atoms with E-state index in [0.29, 0.717) is 19.9 Å². The van der Waals surface area contributed by atoms with Crippen LogP contribution in [0.1, 0.15) is 36.0 Å². The smallest absolute Gasteiger partial charge is 0.257 e. The molecule has 122 valence electrons. The molecule has 1 aromatic carbocycles. The molecule has 1 saturated heterocycles. The third-order valence-corrected chi connectivity index (χ3v) is 6.21. The molecule has 1 amide bonds. The van der Waals surface area contributed by atoms with Gasteiger partial charge in [-0.3, -0.25) is 4.79 Å². The number of carbonyl (C=O) groups is 1. The fourth-order valence-electron chi connectivity index (χ4n) is 2.78. The lowest BCUT2D eigenvalue weighted by molar-refractivity contribution is 0.0762. The van der Waals surface area contributed by atoms with Crippen LogP contribution >= 0.6 is 46.1 Å². The number of halogens is 3. The minimum atomic E-state index is -0.0571. The van der Waals surface area contributed by atoms with Crippen LogP contribution in [0.5, 0.6) is 0 Å². The van der Waals surface area contributed by atoms with E-state index in [0.717, 1.165) is 36.4 Å². The first-order valence-electron chi connectivity index (χ1n) is 7.61. The Labute approximate surface area is 155 Å². The van der Waals surface area contributed by atoms with Crippen LogP contribution in [0.25, 0.3) is 10.4 Å². The molecule has 0 bridgehead atoms. The second-order valence-corrected chi connectivity index (χ2v) is 8.04. The van der Waals surface area contributed by atoms with Gasteiger partial charge in [0.05, 0.1) is 15.5 Å². The van der Waals surface area contributed by atoms with Crippen molar-refractivity contribution < 1.29 is 4.79 Å². The highest BCUT2D eigenvalue weighted by molar-refractivity contribution is 7.20. The van der Waals surface area contributed by atoms with Crippen LogP contribution in [-0.4, -0.2) is 23.9 Å². The van der Waals surface area contributed by atoms with Crippen molar-refractivity contribution in [3.63, 3.8) is 0 Å². The fraction of sp³-hybridized carbons (Fsp3) is 0.353. The van der Waals surface area contributed by atoms with Crippen molar-refractivity contribution >= 4 is 52.0 Å². The summed E-state index contributed by atoms with van der Waals surface area (Å²) in [7, 11) is 0. The number of amides is 1. The SMILES string of the molecule is O=C(c1c(Cl)sc(-c2ccc(Cl)cc2)c1Cl)N1CCCCCC1. The molecule has 2 aromatic rings. The molecule has 6 heteroatoms. The molecule has 0 spiro atoms. The van der Waals surface area contributed by atoms with Crippen LogP contribution in [-0.2, 0) is 0 Å². The molecule has 0 radical (unpaired) electrons. The number of hydrogen-bond donors (Lipinski definition) is 0. The quantitative estimate of drug-likeness (QED) is 0.583. The van der Waals surface area contributed by atoms with Crippen LogP contribution in [0.4, 0.5) is 0 Å². The second kappa shape index (κ2) is 7.43. The molecule has 0 aliphatic carbocycles. The van der Waals surface area contributed by atoms with Gasteiger partial charge in [0.1, 0.15) is 4.34 Å². The fourth-order valence-corrected chi connectivity index (χ4v) is 4.74. The minimum absolute atomic E-state index is 0.0571. The molecule has 3 rings (SSSR count). The van der Waals surface area contributed by atoms with Crippen LogP contribution < -0.4 is 0 Å². The van der Waals surface area contributed by atoms with Crippen LogP contribution in [0.2, 0.25) is 14.4 Å². The molecule has 2 nitrogen and oxygen atoms in total. The summed E-state index contributed by atoms with van der Waals surface area (Å²) in [5.41, 5.74) is 1.35. The highest BCUT2D eigenvalue weighted by Gasteiger charge is 2.26. The molecule has 2 heterocycles. The van der Waals surface area contributed by atoms with Gasteiger partial charge < -0.3 is 4.90 Å². The zero-order valence-corrected chi connectivity index (χ0v) is 15.5. The summed E-state index contributed by atoms with van der Waals surface area (Å²) in [6.45, 7) is 1.55. The van der Waals surface area contributed by atoms with Gasteiger partial charge in [-0.15, -0.1) is 11.3 Å². The maximum Gasteiger partial charge on any atom is 0.257 e. The van der Waals surface area contributed by atoms with Crippen molar-refractivity contribution in [2.75, 3.05) is 13.1 Å². The van der Waals surface area contributed by atoms with E-state index >= 15 is 0 Å². The first-order valence-corrected chi connectivity index (χ1v) is 9.56. The van der Waals surface area contributed by atoms with Crippen LogP contribution in [0, 0.1) is 0 Å². The van der Waals surface area contributed by atoms with Crippen molar-refractivity contribution in [2.45, 2.75) is 25.7 Å². The van der Waals surface area contributed by atoms with Crippen molar-refractivity contribution in [1.29, 1.82) is 0 Å². The number of carbonyl (C=O) groups excluding carboxylic acids is 1. The lowest BCUT2D eigenvalue weighted by Crippen LogP contribution is -2.31. The molecule has 0 N–H and O–H groups in total. The van der Waals surface area contributed by atoms with E-state index in [1.54, 1.807) is 12.1 Å². The van der Waals surface area contributed by atoms with Gasteiger partial charge in [0.25, 0.3) is 5.91 Å². The molecule has 0 unspecified atom stereocenters. The molecule has 1 aromatic heterocycles. The standard InChI is InChI=1S/C17H16Cl3NOS/c18-12-7-5-11(6-8-12)15-14(19)13(16(20)23-15)17(22)21-9-3-1-2-4-10-21/h5-8H,1-4,9-10H2. The van der Waals surface area contributed by atoms with Gasteiger partial charge in [0, 0.05) is 18.1 Å². The predicted molar refractivity (Wildman–Crippen MR) is 99.2 cm³/mol. The normalized spacial score (nSPS) is 15.5. The summed E-state index contributed by atoms with van der Waals surface area (Å²) in [6, 6.07) is 7.38. The molecule has 0 saturated carbocycles. The third-order valence-electron chi connectivity index (χ3n) is 4.02. The van der Waals surface area contributed by atoms with Gasteiger partial charge in [0.2, 0.25) is 0 Å². The Morgan fingerprint density at radius 3 is 2.17 bits per heavy atom. The number of nitrogens with zero attached hydrogens (tertiary/aromatic N) is 1. The van der Waals surface area contributed by atoms with Gasteiger partial charge in [-0.2, -0.15) is 0 Å². The topological polar surface area (TPSA) is 20.3 Å². The molecule has 23 heavy (non-hydrogen) atoms. The average Bonchev–Trinajstić information content (AvgIpc) is 2.73. The average molecular weight is 389 g/mol. The van der Waals surface area contributed by atoms with Crippen molar-refractivity contribution in [3.8, 4) is 10.4 Å². The number of likely N-dealkylation sites (tertiary alicyclic amines) is 1. The number of hydrogen-bond acceptors (Lipinski definition) is 2. The molecular weight excluding hydrogens is 373 g/mol. The van der Waals surface area contributed by atoms with Crippen LogP contribution in [0.15, 0.2) is 24.3 Å². The van der Waals surface area contributed by atoms with Gasteiger partial charge in [0.15, 0.2) is 0 Å². The van der Waals surface area contributed by atoms with E-state index in [2.05, 4.69) is 0 Å². The number of benzene rings is 1. The maximum atomic E-state index is 12.8. The molecular formula is C17H16Cl3NOS. The first-order chi connectivity index (χ1) is 11.1. The van der Waals surface area contributed by atoms with Gasteiger partial charge in [-0.05, 0) is 30.5 Å². The molecule has 1 aliphatic rings. The molecule has 0 atom stereocenters.